The molecule has 0 bridgehead atoms. The maximum atomic E-state index is 13.0. The average Bonchev–Trinajstić information content (AvgIpc) is 2.15. The van der Waals surface area contributed by atoms with Crippen LogP contribution in [0.25, 0.3) is 0 Å². The van der Waals surface area contributed by atoms with E-state index in [0.717, 1.165) is 19.3 Å². The molecule has 0 N–H and O–H groups in total. The zero-order valence-corrected chi connectivity index (χ0v) is 8.63. The van der Waals surface area contributed by atoms with E-state index >= 15 is 0 Å². The number of rotatable bonds is 3. The summed E-state index contributed by atoms with van der Waals surface area (Å²) in [5, 5.41) is 0. The van der Waals surface area contributed by atoms with Crippen LogP contribution in [0.3, 0.4) is 0 Å². The monoisotopic (exact) mass is 208 g/mol. The van der Waals surface area contributed by atoms with Gasteiger partial charge < -0.3 is 4.74 Å². The Kier molecular flexibility index (Phi) is 2.71. The van der Waals surface area contributed by atoms with Crippen molar-refractivity contribution in [2.24, 2.45) is 5.92 Å². The summed E-state index contributed by atoms with van der Waals surface area (Å²) < 4.78 is 18.1. The predicted octanol–water partition coefficient (Wildman–Crippen LogP) is 2.82. The Morgan fingerprint density at radius 2 is 2.20 bits per heavy atom. The molecule has 0 amide bonds. The highest BCUT2D eigenvalue weighted by Crippen LogP contribution is 2.32. The molecule has 1 saturated carbocycles. The van der Waals surface area contributed by atoms with Crippen LogP contribution in [0, 0.1) is 11.7 Å². The van der Waals surface area contributed by atoms with Crippen molar-refractivity contribution in [1.82, 2.24) is 0 Å². The maximum Gasteiger partial charge on any atom is 0.169 e. The SMILES string of the molecule is COc1ccc(F)cc1C(=O)C1CCC1. The van der Waals surface area contributed by atoms with Crippen LogP contribution < -0.4 is 4.74 Å². The van der Waals surface area contributed by atoms with Crippen molar-refractivity contribution in [3.8, 4) is 5.75 Å². The van der Waals surface area contributed by atoms with Gasteiger partial charge in [0, 0.05) is 5.92 Å². The Balaban J connectivity index is 2.31. The van der Waals surface area contributed by atoms with Crippen molar-refractivity contribution in [2.75, 3.05) is 7.11 Å². The first-order valence-corrected chi connectivity index (χ1v) is 5.10. The fourth-order valence-corrected chi connectivity index (χ4v) is 1.76. The number of benzene rings is 1. The molecule has 3 heteroatoms. The smallest absolute Gasteiger partial charge is 0.169 e. The van der Waals surface area contributed by atoms with Crippen LogP contribution in [0.5, 0.6) is 5.75 Å². The number of ketones is 1. The van der Waals surface area contributed by atoms with E-state index in [2.05, 4.69) is 0 Å². The molecule has 1 aliphatic rings. The summed E-state index contributed by atoms with van der Waals surface area (Å²) in [6.07, 6.45) is 2.92. The lowest BCUT2D eigenvalue weighted by atomic mass is 9.80. The number of carbonyl (C=O) groups is 1. The molecule has 15 heavy (non-hydrogen) atoms. The molecular formula is C12H13FO2. The Morgan fingerprint density at radius 3 is 2.73 bits per heavy atom. The third-order valence-electron chi connectivity index (χ3n) is 2.90. The van der Waals surface area contributed by atoms with Gasteiger partial charge in [0.05, 0.1) is 12.7 Å². The summed E-state index contributed by atoms with van der Waals surface area (Å²) in [4.78, 5) is 11.9. The van der Waals surface area contributed by atoms with Crippen molar-refractivity contribution >= 4 is 5.78 Å². The molecule has 1 aromatic carbocycles. The average molecular weight is 208 g/mol. The summed E-state index contributed by atoms with van der Waals surface area (Å²) >= 11 is 0. The molecule has 0 atom stereocenters. The van der Waals surface area contributed by atoms with Gasteiger partial charge in [0.2, 0.25) is 0 Å². The molecule has 1 aliphatic carbocycles. The zero-order valence-electron chi connectivity index (χ0n) is 8.63. The van der Waals surface area contributed by atoms with Gasteiger partial charge in [-0.2, -0.15) is 0 Å². The summed E-state index contributed by atoms with van der Waals surface area (Å²) in [7, 11) is 1.49. The molecule has 0 spiro atoms. The minimum absolute atomic E-state index is 0.0117. The number of hydrogen-bond acceptors (Lipinski definition) is 2. The maximum absolute atomic E-state index is 13.0. The number of carbonyl (C=O) groups excluding carboxylic acids is 1. The second kappa shape index (κ2) is 4.01. The van der Waals surface area contributed by atoms with Gasteiger partial charge in [-0.1, -0.05) is 6.42 Å². The van der Waals surface area contributed by atoms with Crippen LogP contribution in [-0.4, -0.2) is 12.9 Å². The van der Waals surface area contributed by atoms with Crippen LogP contribution in [0.2, 0.25) is 0 Å². The van der Waals surface area contributed by atoms with E-state index in [-0.39, 0.29) is 11.7 Å². The summed E-state index contributed by atoms with van der Waals surface area (Å²) in [5.74, 6) is 0.157. The quantitative estimate of drug-likeness (QED) is 0.714. The number of halogens is 1. The molecule has 1 aromatic rings. The van der Waals surface area contributed by atoms with Gasteiger partial charge >= 0.3 is 0 Å². The predicted molar refractivity (Wildman–Crippen MR) is 54.6 cm³/mol. The van der Waals surface area contributed by atoms with E-state index in [0.29, 0.717) is 11.3 Å². The Morgan fingerprint density at radius 1 is 1.47 bits per heavy atom. The highest BCUT2D eigenvalue weighted by Gasteiger charge is 2.28. The number of methoxy groups -OCH3 is 1. The normalized spacial score (nSPS) is 15.9. The molecule has 0 saturated heterocycles. The van der Waals surface area contributed by atoms with E-state index in [4.69, 9.17) is 4.74 Å². The third-order valence-corrected chi connectivity index (χ3v) is 2.90. The van der Waals surface area contributed by atoms with E-state index in [1.165, 1.54) is 25.3 Å². The summed E-state index contributed by atoms with van der Waals surface area (Å²) in [5.41, 5.74) is 0.377. The molecule has 0 aliphatic heterocycles. The number of Topliss-reactive ketones (excluding diaryl/α,β-unsaturated/α-hetero) is 1. The van der Waals surface area contributed by atoms with Crippen LogP contribution in [0.4, 0.5) is 4.39 Å². The topological polar surface area (TPSA) is 26.3 Å². The lowest BCUT2D eigenvalue weighted by Gasteiger charge is -2.24. The largest absolute Gasteiger partial charge is 0.496 e. The first kappa shape index (κ1) is 10.1. The lowest BCUT2D eigenvalue weighted by Crippen LogP contribution is -2.22. The first-order chi connectivity index (χ1) is 7.22. The molecule has 0 unspecified atom stereocenters. The molecule has 0 aromatic heterocycles. The Labute approximate surface area is 88.1 Å². The Bertz CT molecular complexity index is 383. The van der Waals surface area contributed by atoms with Crippen LogP contribution in [0.15, 0.2) is 18.2 Å². The van der Waals surface area contributed by atoms with Crippen molar-refractivity contribution in [2.45, 2.75) is 19.3 Å². The fraction of sp³-hybridized carbons (Fsp3) is 0.417. The first-order valence-electron chi connectivity index (χ1n) is 5.10. The Hall–Kier alpha value is -1.38. The second-order valence-electron chi connectivity index (χ2n) is 3.84. The fourth-order valence-electron chi connectivity index (χ4n) is 1.76. The van der Waals surface area contributed by atoms with Crippen LogP contribution in [0.1, 0.15) is 29.6 Å². The van der Waals surface area contributed by atoms with Crippen LogP contribution in [-0.2, 0) is 0 Å². The highest BCUT2D eigenvalue weighted by molar-refractivity contribution is 6.00. The lowest BCUT2D eigenvalue weighted by molar-refractivity contribution is 0.0851. The zero-order chi connectivity index (χ0) is 10.8. The molecular weight excluding hydrogens is 195 g/mol. The van der Waals surface area contributed by atoms with Gasteiger partial charge in [0.15, 0.2) is 5.78 Å². The molecule has 0 heterocycles. The standard InChI is InChI=1S/C12H13FO2/c1-15-11-6-5-9(13)7-10(11)12(14)8-3-2-4-8/h5-8H,2-4H2,1H3. The molecule has 80 valence electrons. The van der Waals surface area contributed by atoms with Gasteiger partial charge in [-0.25, -0.2) is 4.39 Å². The minimum atomic E-state index is -0.390. The third kappa shape index (κ3) is 1.87. The summed E-state index contributed by atoms with van der Waals surface area (Å²) in [6, 6.07) is 4.07. The molecule has 0 radical (unpaired) electrons. The van der Waals surface area contributed by atoms with E-state index < -0.39 is 5.82 Å². The van der Waals surface area contributed by atoms with E-state index in [9.17, 15) is 9.18 Å². The van der Waals surface area contributed by atoms with E-state index in [1.807, 2.05) is 0 Å². The molecule has 2 nitrogen and oxygen atoms in total. The van der Waals surface area contributed by atoms with Gasteiger partial charge in [-0.05, 0) is 31.0 Å². The second-order valence-corrected chi connectivity index (χ2v) is 3.84. The number of ether oxygens (including phenoxy) is 1. The van der Waals surface area contributed by atoms with Crippen LogP contribution >= 0.6 is 0 Å². The molecule has 2 rings (SSSR count). The van der Waals surface area contributed by atoms with Crippen molar-refractivity contribution in [3.63, 3.8) is 0 Å². The van der Waals surface area contributed by atoms with E-state index in [1.54, 1.807) is 0 Å². The van der Waals surface area contributed by atoms with Gasteiger partial charge in [-0.3, -0.25) is 4.79 Å². The van der Waals surface area contributed by atoms with Gasteiger partial charge in [-0.15, -0.1) is 0 Å². The minimum Gasteiger partial charge on any atom is -0.496 e. The highest BCUT2D eigenvalue weighted by atomic mass is 19.1. The van der Waals surface area contributed by atoms with Gasteiger partial charge in [0.1, 0.15) is 11.6 Å². The van der Waals surface area contributed by atoms with Gasteiger partial charge in [0.25, 0.3) is 0 Å². The van der Waals surface area contributed by atoms with Crippen molar-refractivity contribution < 1.29 is 13.9 Å². The number of hydrogen-bond donors (Lipinski definition) is 0. The van der Waals surface area contributed by atoms with Crippen molar-refractivity contribution in [3.05, 3.63) is 29.6 Å². The molecule has 1 fully saturated rings. The van der Waals surface area contributed by atoms with Crippen molar-refractivity contribution in [1.29, 1.82) is 0 Å². The summed E-state index contributed by atoms with van der Waals surface area (Å²) in [6.45, 7) is 0.